The van der Waals surface area contributed by atoms with Crippen LogP contribution in [-0.4, -0.2) is 65.1 Å². The maximum absolute atomic E-state index is 12.2. The molecule has 0 bridgehead atoms. The standard InChI is InChI=1S/C21H27N3O5/c1-14(25)24-10-4-7-19(24)20(26)22-9-12-29-11-8-16(21(27)28)17-13-23-18-6-3-2-5-15(17)18/h2-3,5-6,13,16,19,23H,4,7-12H2,1H3,(H,22,26)(H,27,28). The highest BCUT2D eigenvalue weighted by Gasteiger charge is 2.32. The van der Waals surface area contributed by atoms with Crippen molar-refractivity contribution in [3.8, 4) is 0 Å². The van der Waals surface area contributed by atoms with Crippen molar-refractivity contribution in [2.45, 2.75) is 38.1 Å². The number of para-hydroxylation sites is 1. The Bertz CT molecular complexity index is 878. The summed E-state index contributed by atoms with van der Waals surface area (Å²) in [4.78, 5) is 40.2. The molecule has 2 unspecified atom stereocenters. The second-order valence-corrected chi connectivity index (χ2v) is 7.24. The number of H-pyrrole nitrogens is 1. The van der Waals surface area contributed by atoms with Crippen LogP contribution in [0.3, 0.4) is 0 Å². The van der Waals surface area contributed by atoms with Gasteiger partial charge >= 0.3 is 5.97 Å². The molecule has 1 aromatic heterocycles. The summed E-state index contributed by atoms with van der Waals surface area (Å²) in [6.45, 7) is 2.98. The van der Waals surface area contributed by atoms with Crippen molar-refractivity contribution in [3.63, 3.8) is 0 Å². The molecule has 8 nitrogen and oxygen atoms in total. The molecule has 2 atom stereocenters. The van der Waals surface area contributed by atoms with E-state index in [4.69, 9.17) is 4.74 Å². The second kappa shape index (κ2) is 9.56. The van der Waals surface area contributed by atoms with Crippen LogP contribution in [0.2, 0.25) is 0 Å². The number of carboxylic acid groups (broad SMARTS) is 1. The van der Waals surface area contributed by atoms with E-state index in [-0.39, 0.29) is 18.4 Å². The Hall–Kier alpha value is -2.87. The van der Waals surface area contributed by atoms with Gasteiger partial charge in [-0.3, -0.25) is 14.4 Å². The van der Waals surface area contributed by atoms with Crippen LogP contribution in [0.5, 0.6) is 0 Å². The van der Waals surface area contributed by atoms with Crippen LogP contribution in [0, 0.1) is 0 Å². The Kier molecular flexibility index (Phi) is 6.87. The molecule has 1 aromatic carbocycles. The molecule has 0 spiro atoms. The third-order valence-electron chi connectivity index (χ3n) is 5.35. The quantitative estimate of drug-likeness (QED) is 0.556. The fraction of sp³-hybridized carbons (Fsp3) is 0.476. The number of nitrogens with zero attached hydrogens (tertiary/aromatic N) is 1. The van der Waals surface area contributed by atoms with Crippen LogP contribution in [0.1, 0.15) is 37.7 Å². The predicted octanol–water partition coefficient (Wildman–Crippen LogP) is 1.87. The van der Waals surface area contributed by atoms with Crippen LogP contribution in [0.4, 0.5) is 0 Å². The number of hydrogen-bond acceptors (Lipinski definition) is 4. The summed E-state index contributed by atoms with van der Waals surface area (Å²) in [7, 11) is 0. The summed E-state index contributed by atoms with van der Waals surface area (Å²) in [5.41, 5.74) is 1.65. The minimum Gasteiger partial charge on any atom is -0.481 e. The van der Waals surface area contributed by atoms with Crippen LogP contribution < -0.4 is 5.32 Å². The number of carbonyl (C=O) groups is 3. The van der Waals surface area contributed by atoms with Gasteiger partial charge in [-0.25, -0.2) is 0 Å². The van der Waals surface area contributed by atoms with E-state index in [1.807, 2.05) is 24.3 Å². The molecule has 1 fully saturated rings. The first-order valence-electron chi connectivity index (χ1n) is 9.90. The lowest BCUT2D eigenvalue weighted by Crippen LogP contribution is -2.45. The number of likely N-dealkylation sites (tertiary alicyclic amines) is 1. The molecule has 1 saturated heterocycles. The Morgan fingerprint density at radius 1 is 1.31 bits per heavy atom. The Balaban J connectivity index is 1.43. The van der Waals surface area contributed by atoms with Crippen molar-refractivity contribution in [1.29, 1.82) is 0 Å². The number of aromatic amines is 1. The zero-order chi connectivity index (χ0) is 20.8. The van der Waals surface area contributed by atoms with Crippen LogP contribution in [-0.2, 0) is 19.1 Å². The van der Waals surface area contributed by atoms with Crippen molar-refractivity contribution in [2.24, 2.45) is 0 Å². The molecule has 1 aliphatic rings. The number of rotatable bonds is 9. The van der Waals surface area contributed by atoms with Gasteiger partial charge in [0.2, 0.25) is 11.8 Å². The molecule has 0 saturated carbocycles. The van der Waals surface area contributed by atoms with Crippen molar-refractivity contribution in [1.82, 2.24) is 15.2 Å². The molecular weight excluding hydrogens is 374 g/mol. The third-order valence-corrected chi connectivity index (χ3v) is 5.35. The molecule has 29 heavy (non-hydrogen) atoms. The zero-order valence-corrected chi connectivity index (χ0v) is 16.5. The smallest absolute Gasteiger partial charge is 0.311 e. The molecular formula is C21H27N3O5. The fourth-order valence-corrected chi connectivity index (χ4v) is 3.88. The molecule has 0 radical (unpaired) electrons. The van der Waals surface area contributed by atoms with E-state index in [0.29, 0.717) is 32.5 Å². The van der Waals surface area contributed by atoms with E-state index in [9.17, 15) is 19.5 Å². The maximum Gasteiger partial charge on any atom is 0.311 e. The summed E-state index contributed by atoms with van der Waals surface area (Å²) in [6, 6.07) is 7.20. The van der Waals surface area contributed by atoms with Crippen LogP contribution >= 0.6 is 0 Å². The lowest BCUT2D eigenvalue weighted by molar-refractivity contribution is -0.139. The summed E-state index contributed by atoms with van der Waals surface area (Å²) in [6.07, 6.45) is 3.59. The topological polar surface area (TPSA) is 112 Å². The molecule has 156 valence electrons. The van der Waals surface area contributed by atoms with Gasteiger partial charge in [0, 0.05) is 43.7 Å². The molecule has 2 amide bonds. The van der Waals surface area contributed by atoms with E-state index in [0.717, 1.165) is 22.9 Å². The monoisotopic (exact) mass is 401 g/mol. The van der Waals surface area contributed by atoms with E-state index < -0.39 is 17.9 Å². The highest BCUT2D eigenvalue weighted by atomic mass is 16.5. The normalized spacial score (nSPS) is 17.4. The fourth-order valence-electron chi connectivity index (χ4n) is 3.88. The van der Waals surface area contributed by atoms with Gasteiger partial charge in [-0.15, -0.1) is 0 Å². The Morgan fingerprint density at radius 2 is 2.10 bits per heavy atom. The number of aliphatic carboxylic acids is 1. The van der Waals surface area contributed by atoms with Gasteiger partial charge in [0.05, 0.1) is 12.5 Å². The van der Waals surface area contributed by atoms with Crippen LogP contribution in [0.15, 0.2) is 30.5 Å². The number of hydrogen-bond donors (Lipinski definition) is 3. The number of aromatic nitrogens is 1. The van der Waals surface area contributed by atoms with Crippen LogP contribution in [0.25, 0.3) is 10.9 Å². The molecule has 3 N–H and O–H groups in total. The van der Waals surface area contributed by atoms with Crippen molar-refractivity contribution in [3.05, 3.63) is 36.0 Å². The van der Waals surface area contributed by atoms with Gasteiger partial charge < -0.3 is 25.0 Å². The van der Waals surface area contributed by atoms with Gasteiger partial charge in [0.1, 0.15) is 6.04 Å². The summed E-state index contributed by atoms with van der Waals surface area (Å²) in [5.74, 6) is -1.81. The van der Waals surface area contributed by atoms with E-state index in [1.165, 1.54) is 6.92 Å². The van der Waals surface area contributed by atoms with E-state index >= 15 is 0 Å². The first-order chi connectivity index (χ1) is 14.0. The van der Waals surface area contributed by atoms with Gasteiger partial charge in [-0.05, 0) is 30.9 Å². The first kappa shape index (κ1) is 20.9. The molecule has 1 aliphatic heterocycles. The molecule has 8 heteroatoms. The minimum atomic E-state index is -0.891. The summed E-state index contributed by atoms with van der Waals surface area (Å²) >= 11 is 0. The highest BCUT2D eigenvalue weighted by Crippen LogP contribution is 2.28. The molecule has 0 aliphatic carbocycles. The lowest BCUT2D eigenvalue weighted by atomic mass is 9.96. The minimum absolute atomic E-state index is 0.0871. The number of nitrogens with one attached hydrogen (secondary N) is 2. The van der Waals surface area contributed by atoms with Gasteiger partial charge in [0.15, 0.2) is 0 Å². The van der Waals surface area contributed by atoms with E-state index in [2.05, 4.69) is 10.3 Å². The van der Waals surface area contributed by atoms with E-state index in [1.54, 1.807) is 11.1 Å². The third kappa shape index (κ3) is 4.95. The van der Waals surface area contributed by atoms with Crippen molar-refractivity contribution in [2.75, 3.05) is 26.3 Å². The SMILES string of the molecule is CC(=O)N1CCCC1C(=O)NCCOCCC(C(=O)O)c1c[nH]c2ccccc12. The first-order valence-corrected chi connectivity index (χ1v) is 9.90. The number of ether oxygens (including phenoxy) is 1. The largest absolute Gasteiger partial charge is 0.481 e. The highest BCUT2D eigenvalue weighted by molar-refractivity contribution is 5.89. The Labute approximate surface area is 169 Å². The average molecular weight is 401 g/mol. The van der Waals surface area contributed by atoms with Gasteiger partial charge in [-0.1, -0.05) is 18.2 Å². The summed E-state index contributed by atoms with van der Waals surface area (Å²) < 4.78 is 5.54. The summed E-state index contributed by atoms with van der Waals surface area (Å²) in [5, 5.41) is 13.3. The number of fused-ring (bicyclic) bond motifs is 1. The molecule has 3 rings (SSSR count). The molecule has 2 aromatic rings. The number of amides is 2. The predicted molar refractivity (Wildman–Crippen MR) is 108 cm³/mol. The number of carboxylic acids is 1. The second-order valence-electron chi connectivity index (χ2n) is 7.24. The van der Waals surface area contributed by atoms with Gasteiger partial charge in [-0.2, -0.15) is 0 Å². The van der Waals surface area contributed by atoms with Crippen molar-refractivity contribution >= 4 is 28.7 Å². The van der Waals surface area contributed by atoms with Crippen molar-refractivity contribution < 1.29 is 24.2 Å². The zero-order valence-electron chi connectivity index (χ0n) is 16.5. The Morgan fingerprint density at radius 3 is 2.86 bits per heavy atom. The lowest BCUT2D eigenvalue weighted by Gasteiger charge is -2.22. The maximum atomic E-state index is 12.2. The number of benzene rings is 1. The molecule has 2 heterocycles. The van der Waals surface area contributed by atoms with Gasteiger partial charge in [0.25, 0.3) is 0 Å². The number of carbonyl (C=O) groups excluding carboxylic acids is 2. The average Bonchev–Trinajstić information content (AvgIpc) is 3.34.